The SMILES string of the molecule is CC1CCCC(CCC=CCC=CC(O)CC(O)CC(=O)O)O1. The number of hydrogen-bond donors (Lipinski definition) is 3. The average molecular weight is 326 g/mol. The molecular formula is C18H30O5. The van der Waals surface area contributed by atoms with Crippen LogP contribution in [0, 0.1) is 0 Å². The zero-order valence-corrected chi connectivity index (χ0v) is 13.9. The maximum Gasteiger partial charge on any atom is 0.305 e. The zero-order valence-electron chi connectivity index (χ0n) is 13.9. The summed E-state index contributed by atoms with van der Waals surface area (Å²) in [4.78, 5) is 10.4. The van der Waals surface area contributed by atoms with E-state index in [1.807, 2.05) is 12.2 Å². The number of rotatable bonds is 10. The first-order valence-corrected chi connectivity index (χ1v) is 8.52. The summed E-state index contributed by atoms with van der Waals surface area (Å²) in [6.45, 7) is 2.13. The van der Waals surface area contributed by atoms with Crippen molar-refractivity contribution in [3.63, 3.8) is 0 Å². The van der Waals surface area contributed by atoms with E-state index in [0.29, 0.717) is 18.6 Å². The molecule has 3 N–H and O–H groups in total. The number of hydrogen-bond acceptors (Lipinski definition) is 4. The molecule has 1 saturated heterocycles. The van der Waals surface area contributed by atoms with Crippen molar-refractivity contribution in [2.75, 3.05) is 0 Å². The van der Waals surface area contributed by atoms with Crippen LogP contribution in [0.3, 0.4) is 0 Å². The minimum atomic E-state index is -1.06. The van der Waals surface area contributed by atoms with Gasteiger partial charge in [0.15, 0.2) is 0 Å². The van der Waals surface area contributed by atoms with E-state index in [4.69, 9.17) is 9.84 Å². The lowest BCUT2D eigenvalue weighted by Gasteiger charge is -2.27. The van der Waals surface area contributed by atoms with Crippen LogP contribution in [-0.2, 0) is 9.53 Å². The molecule has 1 rings (SSSR count). The Morgan fingerprint density at radius 1 is 1.26 bits per heavy atom. The standard InChI is InChI=1S/C18H30O5/c1-14-8-7-11-17(23-14)10-6-4-2-3-5-9-15(19)12-16(20)13-18(21)22/h2,4-5,9,14-17,19-20H,3,6-8,10-13H2,1H3,(H,21,22). The predicted octanol–water partition coefficient (Wildman–Crippen LogP) is 2.81. The molecule has 1 aliphatic rings. The molecule has 1 fully saturated rings. The third kappa shape index (κ3) is 10.3. The fourth-order valence-corrected chi connectivity index (χ4v) is 2.76. The van der Waals surface area contributed by atoms with Crippen molar-refractivity contribution in [2.24, 2.45) is 0 Å². The lowest BCUT2D eigenvalue weighted by atomic mass is 10.0. The topological polar surface area (TPSA) is 87.0 Å². The largest absolute Gasteiger partial charge is 0.481 e. The van der Waals surface area contributed by atoms with Gasteiger partial charge in [0.25, 0.3) is 0 Å². The summed E-state index contributed by atoms with van der Waals surface area (Å²) in [5.41, 5.74) is 0. The molecule has 0 aromatic rings. The molecule has 0 aromatic carbocycles. The van der Waals surface area contributed by atoms with Crippen LogP contribution in [0.5, 0.6) is 0 Å². The first-order valence-electron chi connectivity index (χ1n) is 8.52. The Morgan fingerprint density at radius 3 is 2.74 bits per heavy atom. The minimum Gasteiger partial charge on any atom is -0.481 e. The van der Waals surface area contributed by atoms with Crippen molar-refractivity contribution in [1.82, 2.24) is 0 Å². The number of aliphatic hydroxyl groups is 2. The van der Waals surface area contributed by atoms with Crippen LogP contribution in [0.2, 0.25) is 0 Å². The highest BCUT2D eigenvalue weighted by molar-refractivity contribution is 5.67. The average Bonchev–Trinajstić information content (AvgIpc) is 2.45. The van der Waals surface area contributed by atoms with Gasteiger partial charge in [-0.1, -0.05) is 24.3 Å². The molecular weight excluding hydrogens is 296 g/mol. The van der Waals surface area contributed by atoms with Gasteiger partial charge in [0.2, 0.25) is 0 Å². The molecule has 0 aliphatic carbocycles. The Bertz CT molecular complexity index is 391. The molecule has 0 aromatic heterocycles. The molecule has 4 atom stereocenters. The van der Waals surface area contributed by atoms with E-state index >= 15 is 0 Å². The van der Waals surface area contributed by atoms with E-state index < -0.39 is 18.2 Å². The van der Waals surface area contributed by atoms with Crippen molar-refractivity contribution in [3.05, 3.63) is 24.3 Å². The van der Waals surface area contributed by atoms with Gasteiger partial charge in [-0.15, -0.1) is 0 Å². The molecule has 1 heterocycles. The van der Waals surface area contributed by atoms with Crippen LogP contribution in [0.4, 0.5) is 0 Å². The van der Waals surface area contributed by atoms with Gasteiger partial charge in [0.05, 0.1) is 30.8 Å². The molecule has 5 heteroatoms. The van der Waals surface area contributed by atoms with Gasteiger partial charge in [0, 0.05) is 6.42 Å². The summed E-state index contributed by atoms with van der Waals surface area (Å²) in [5.74, 6) is -1.06. The van der Waals surface area contributed by atoms with Gasteiger partial charge in [-0.05, 0) is 45.4 Å². The minimum absolute atomic E-state index is 0.0454. The summed E-state index contributed by atoms with van der Waals surface area (Å²) in [7, 11) is 0. The highest BCUT2D eigenvalue weighted by Gasteiger charge is 2.17. The molecule has 0 amide bonds. The number of aliphatic hydroxyl groups excluding tert-OH is 2. The zero-order chi connectivity index (χ0) is 17.1. The lowest BCUT2D eigenvalue weighted by molar-refractivity contribution is -0.139. The van der Waals surface area contributed by atoms with Crippen LogP contribution >= 0.6 is 0 Å². The molecule has 0 radical (unpaired) electrons. The maximum absolute atomic E-state index is 10.4. The van der Waals surface area contributed by atoms with E-state index in [0.717, 1.165) is 19.3 Å². The first-order chi connectivity index (χ1) is 11.0. The number of carboxylic acid groups (broad SMARTS) is 1. The quantitative estimate of drug-likeness (QED) is 0.537. The molecule has 0 bridgehead atoms. The molecule has 0 saturated carbocycles. The molecule has 1 aliphatic heterocycles. The van der Waals surface area contributed by atoms with Crippen molar-refractivity contribution in [3.8, 4) is 0 Å². The Labute approximate surface area is 138 Å². The van der Waals surface area contributed by atoms with Gasteiger partial charge in [0.1, 0.15) is 0 Å². The Morgan fingerprint density at radius 2 is 2.04 bits per heavy atom. The van der Waals surface area contributed by atoms with Gasteiger partial charge in [-0.25, -0.2) is 0 Å². The summed E-state index contributed by atoms with van der Waals surface area (Å²) in [6.07, 6.45) is 12.6. The first kappa shape index (κ1) is 19.9. The molecule has 5 nitrogen and oxygen atoms in total. The molecule has 23 heavy (non-hydrogen) atoms. The monoisotopic (exact) mass is 326 g/mol. The van der Waals surface area contributed by atoms with Crippen LogP contribution in [-0.4, -0.2) is 45.7 Å². The second-order valence-electron chi connectivity index (χ2n) is 6.27. The second-order valence-corrected chi connectivity index (χ2v) is 6.27. The van der Waals surface area contributed by atoms with Gasteiger partial charge in [-0.2, -0.15) is 0 Å². The summed E-state index contributed by atoms with van der Waals surface area (Å²) in [5, 5.41) is 27.6. The van der Waals surface area contributed by atoms with Crippen LogP contribution < -0.4 is 0 Å². The fourth-order valence-electron chi connectivity index (χ4n) is 2.76. The van der Waals surface area contributed by atoms with E-state index in [2.05, 4.69) is 13.0 Å². The van der Waals surface area contributed by atoms with E-state index in [1.165, 1.54) is 12.8 Å². The van der Waals surface area contributed by atoms with Gasteiger partial charge >= 0.3 is 5.97 Å². The summed E-state index contributed by atoms with van der Waals surface area (Å²) >= 11 is 0. The van der Waals surface area contributed by atoms with Crippen LogP contribution in [0.1, 0.15) is 58.3 Å². The van der Waals surface area contributed by atoms with Crippen molar-refractivity contribution < 1.29 is 24.9 Å². The van der Waals surface area contributed by atoms with E-state index in [9.17, 15) is 15.0 Å². The molecule has 4 unspecified atom stereocenters. The maximum atomic E-state index is 10.4. The second kappa shape index (κ2) is 11.4. The number of carboxylic acids is 1. The highest BCUT2D eigenvalue weighted by Crippen LogP contribution is 2.21. The third-order valence-corrected chi connectivity index (χ3v) is 3.94. The van der Waals surface area contributed by atoms with Crippen molar-refractivity contribution >= 4 is 5.97 Å². The highest BCUT2D eigenvalue weighted by atomic mass is 16.5. The lowest BCUT2D eigenvalue weighted by Crippen LogP contribution is -2.25. The fraction of sp³-hybridized carbons (Fsp3) is 0.722. The van der Waals surface area contributed by atoms with E-state index in [1.54, 1.807) is 6.08 Å². The smallest absolute Gasteiger partial charge is 0.305 e. The Balaban J connectivity index is 2.09. The number of carbonyl (C=O) groups is 1. The van der Waals surface area contributed by atoms with Gasteiger partial charge < -0.3 is 20.1 Å². The van der Waals surface area contributed by atoms with Crippen molar-refractivity contribution in [2.45, 2.75) is 82.7 Å². The molecule has 0 spiro atoms. The number of aliphatic carboxylic acids is 1. The number of allylic oxidation sites excluding steroid dienone is 3. The Hall–Kier alpha value is -1.17. The predicted molar refractivity (Wildman–Crippen MR) is 89.2 cm³/mol. The normalized spacial score (nSPS) is 25.0. The summed E-state index contributed by atoms with van der Waals surface area (Å²) in [6, 6.07) is 0. The van der Waals surface area contributed by atoms with Gasteiger partial charge in [-0.3, -0.25) is 4.79 Å². The summed E-state index contributed by atoms with van der Waals surface area (Å²) < 4.78 is 5.86. The van der Waals surface area contributed by atoms with Crippen molar-refractivity contribution in [1.29, 1.82) is 0 Å². The van der Waals surface area contributed by atoms with E-state index in [-0.39, 0.29) is 12.8 Å². The van der Waals surface area contributed by atoms with Crippen LogP contribution in [0.15, 0.2) is 24.3 Å². The third-order valence-electron chi connectivity index (χ3n) is 3.94. The van der Waals surface area contributed by atoms with Crippen LogP contribution in [0.25, 0.3) is 0 Å². The molecule has 132 valence electrons. The Kier molecular flexibility index (Phi) is 9.83. The number of ether oxygens (including phenoxy) is 1.